The molecule has 1 aliphatic carbocycles. The second-order valence-electron chi connectivity index (χ2n) is 4.03. The largest absolute Gasteiger partial charge is 0.303 e. The Morgan fingerprint density at radius 2 is 2.17 bits per heavy atom. The SMILES string of the molecule is C=C[C@@H]1[C@@H](C(C)C=O)CC[C@@H]1C. The van der Waals surface area contributed by atoms with Gasteiger partial charge in [-0.25, -0.2) is 0 Å². The Morgan fingerprint density at radius 3 is 2.67 bits per heavy atom. The third-order valence-corrected chi connectivity index (χ3v) is 3.27. The minimum Gasteiger partial charge on any atom is -0.303 e. The molecule has 4 atom stereocenters. The van der Waals surface area contributed by atoms with Crippen molar-refractivity contribution in [3.63, 3.8) is 0 Å². The maximum Gasteiger partial charge on any atom is 0.123 e. The van der Waals surface area contributed by atoms with Crippen molar-refractivity contribution in [1.82, 2.24) is 0 Å². The van der Waals surface area contributed by atoms with E-state index in [1.807, 2.05) is 13.0 Å². The fourth-order valence-corrected chi connectivity index (χ4v) is 2.38. The van der Waals surface area contributed by atoms with Crippen LogP contribution in [0, 0.1) is 23.7 Å². The van der Waals surface area contributed by atoms with E-state index >= 15 is 0 Å². The molecule has 0 bridgehead atoms. The van der Waals surface area contributed by atoms with Crippen LogP contribution in [0.5, 0.6) is 0 Å². The molecule has 0 aliphatic heterocycles. The van der Waals surface area contributed by atoms with Crippen molar-refractivity contribution in [2.24, 2.45) is 23.7 Å². The molecule has 0 heterocycles. The van der Waals surface area contributed by atoms with Crippen LogP contribution in [0.1, 0.15) is 26.7 Å². The van der Waals surface area contributed by atoms with Crippen molar-refractivity contribution < 1.29 is 4.79 Å². The summed E-state index contributed by atoms with van der Waals surface area (Å²) in [6.45, 7) is 8.12. The van der Waals surface area contributed by atoms with E-state index in [1.165, 1.54) is 12.8 Å². The zero-order chi connectivity index (χ0) is 9.14. The van der Waals surface area contributed by atoms with Gasteiger partial charge in [-0.2, -0.15) is 0 Å². The molecular weight excluding hydrogens is 148 g/mol. The molecule has 68 valence electrons. The number of hydrogen-bond acceptors (Lipinski definition) is 1. The van der Waals surface area contributed by atoms with E-state index in [9.17, 15) is 4.79 Å². The van der Waals surface area contributed by atoms with Crippen LogP contribution >= 0.6 is 0 Å². The van der Waals surface area contributed by atoms with Crippen LogP contribution < -0.4 is 0 Å². The highest BCUT2D eigenvalue weighted by atomic mass is 16.1. The van der Waals surface area contributed by atoms with Gasteiger partial charge in [-0.3, -0.25) is 0 Å². The highest BCUT2D eigenvalue weighted by molar-refractivity contribution is 5.53. The van der Waals surface area contributed by atoms with E-state index < -0.39 is 0 Å². The van der Waals surface area contributed by atoms with Crippen LogP contribution in [0.2, 0.25) is 0 Å². The summed E-state index contributed by atoms with van der Waals surface area (Å²) in [7, 11) is 0. The van der Waals surface area contributed by atoms with Crippen LogP contribution in [0.15, 0.2) is 12.7 Å². The quantitative estimate of drug-likeness (QED) is 0.465. The fourth-order valence-electron chi connectivity index (χ4n) is 2.38. The van der Waals surface area contributed by atoms with E-state index in [2.05, 4.69) is 13.5 Å². The lowest BCUT2D eigenvalue weighted by molar-refractivity contribution is -0.112. The molecule has 1 nitrogen and oxygen atoms in total. The molecule has 1 saturated carbocycles. The predicted octanol–water partition coefficient (Wildman–Crippen LogP) is 2.67. The Kier molecular flexibility index (Phi) is 3.07. The number of hydrogen-bond donors (Lipinski definition) is 0. The standard InChI is InChI=1S/C11H18O/c1-4-10-8(2)5-6-11(10)9(3)7-12/h4,7-11H,1,5-6H2,2-3H3/t8-,9?,10-,11+/m0/s1. The first-order valence-electron chi connectivity index (χ1n) is 4.78. The van der Waals surface area contributed by atoms with Crippen LogP contribution in [0.4, 0.5) is 0 Å². The third-order valence-electron chi connectivity index (χ3n) is 3.27. The van der Waals surface area contributed by atoms with Crippen molar-refractivity contribution in [2.45, 2.75) is 26.7 Å². The van der Waals surface area contributed by atoms with Gasteiger partial charge in [0.25, 0.3) is 0 Å². The summed E-state index contributed by atoms with van der Waals surface area (Å²) in [4.78, 5) is 10.6. The molecule has 0 N–H and O–H groups in total. The average Bonchev–Trinajstić information content (AvgIpc) is 2.45. The smallest absolute Gasteiger partial charge is 0.123 e. The first kappa shape index (κ1) is 9.50. The lowest BCUT2D eigenvalue weighted by atomic mass is 9.83. The molecule has 0 aromatic carbocycles. The Hall–Kier alpha value is -0.590. The Bertz CT molecular complexity index is 174. The number of aldehydes is 1. The molecule has 0 spiro atoms. The maximum atomic E-state index is 10.6. The number of carbonyl (C=O) groups excluding carboxylic acids is 1. The molecule has 1 aliphatic rings. The summed E-state index contributed by atoms with van der Waals surface area (Å²) < 4.78 is 0. The summed E-state index contributed by atoms with van der Waals surface area (Å²) in [5, 5.41) is 0. The molecule has 12 heavy (non-hydrogen) atoms. The zero-order valence-corrected chi connectivity index (χ0v) is 7.99. The second-order valence-corrected chi connectivity index (χ2v) is 4.03. The molecule has 1 unspecified atom stereocenters. The van der Waals surface area contributed by atoms with Crippen LogP contribution in [0.25, 0.3) is 0 Å². The van der Waals surface area contributed by atoms with E-state index in [-0.39, 0.29) is 5.92 Å². The molecule has 1 fully saturated rings. The lowest BCUT2D eigenvalue weighted by Crippen LogP contribution is -2.18. The summed E-state index contributed by atoms with van der Waals surface area (Å²) >= 11 is 0. The van der Waals surface area contributed by atoms with Gasteiger partial charge >= 0.3 is 0 Å². The van der Waals surface area contributed by atoms with Crippen LogP contribution in [0.3, 0.4) is 0 Å². The number of rotatable bonds is 3. The third kappa shape index (κ3) is 1.60. The minimum atomic E-state index is 0.206. The molecule has 0 aromatic rings. The first-order chi connectivity index (χ1) is 5.70. The van der Waals surface area contributed by atoms with Crippen molar-refractivity contribution in [3.05, 3.63) is 12.7 Å². The zero-order valence-electron chi connectivity index (χ0n) is 7.99. The van der Waals surface area contributed by atoms with Gasteiger partial charge < -0.3 is 4.79 Å². The van der Waals surface area contributed by atoms with E-state index in [0.717, 1.165) is 12.2 Å². The van der Waals surface area contributed by atoms with Gasteiger partial charge in [-0.15, -0.1) is 6.58 Å². The Balaban J connectivity index is 2.65. The normalized spacial score (nSPS) is 37.7. The van der Waals surface area contributed by atoms with Gasteiger partial charge in [0, 0.05) is 5.92 Å². The highest BCUT2D eigenvalue weighted by Gasteiger charge is 2.34. The average molecular weight is 166 g/mol. The lowest BCUT2D eigenvalue weighted by Gasteiger charge is -2.21. The molecule has 1 heteroatoms. The van der Waals surface area contributed by atoms with Gasteiger partial charge in [-0.1, -0.05) is 19.9 Å². The molecule has 1 rings (SSSR count). The Morgan fingerprint density at radius 1 is 1.50 bits per heavy atom. The summed E-state index contributed by atoms with van der Waals surface area (Å²) in [5.41, 5.74) is 0. The van der Waals surface area contributed by atoms with Gasteiger partial charge in [0.2, 0.25) is 0 Å². The minimum absolute atomic E-state index is 0.206. The van der Waals surface area contributed by atoms with Gasteiger partial charge in [0.1, 0.15) is 6.29 Å². The predicted molar refractivity (Wildman–Crippen MR) is 50.8 cm³/mol. The molecule has 0 amide bonds. The van der Waals surface area contributed by atoms with Gasteiger partial charge in [0.05, 0.1) is 0 Å². The molecular formula is C11H18O. The number of allylic oxidation sites excluding steroid dienone is 1. The fraction of sp³-hybridized carbons (Fsp3) is 0.727. The van der Waals surface area contributed by atoms with Crippen molar-refractivity contribution in [3.8, 4) is 0 Å². The van der Waals surface area contributed by atoms with Crippen molar-refractivity contribution >= 4 is 6.29 Å². The number of carbonyl (C=O) groups is 1. The summed E-state index contributed by atoms with van der Waals surface area (Å²) in [5.74, 6) is 2.04. The molecule has 0 radical (unpaired) electrons. The second kappa shape index (κ2) is 3.88. The molecule has 0 saturated heterocycles. The van der Waals surface area contributed by atoms with Gasteiger partial charge in [-0.05, 0) is 30.6 Å². The van der Waals surface area contributed by atoms with Crippen LogP contribution in [-0.4, -0.2) is 6.29 Å². The highest BCUT2D eigenvalue weighted by Crippen LogP contribution is 2.40. The Labute approximate surface area is 74.9 Å². The van der Waals surface area contributed by atoms with E-state index in [1.54, 1.807) is 0 Å². The summed E-state index contributed by atoms with van der Waals surface area (Å²) in [6.07, 6.45) is 5.55. The van der Waals surface area contributed by atoms with Crippen LogP contribution in [-0.2, 0) is 4.79 Å². The van der Waals surface area contributed by atoms with E-state index in [0.29, 0.717) is 11.8 Å². The monoisotopic (exact) mass is 166 g/mol. The van der Waals surface area contributed by atoms with E-state index in [4.69, 9.17) is 0 Å². The van der Waals surface area contributed by atoms with Crippen molar-refractivity contribution in [1.29, 1.82) is 0 Å². The first-order valence-corrected chi connectivity index (χ1v) is 4.78. The van der Waals surface area contributed by atoms with Gasteiger partial charge in [0.15, 0.2) is 0 Å². The maximum absolute atomic E-state index is 10.6. The topological polar surface area (TPSA) is 17.1 Å². The molecule has 0 aromatic heterocycles. The van der Waals surface area contributed by atoms with Crippen molar-refractivity contribution in [2.75, 3.05) is 0 Å². The summed E-state index contributed by atoms with van der Waals surface area (Å²) in [6, 6.07) is 0.